The third-order valence-corrected chi connectivity index (χ3v) is 6.00. The molecule has 0 bridgehead atoms. The van der Waals surface area contributed by atoms with Crippen LogP contribution in [0.15, 0.2) is 65.4 Å². The summed E-state index contributed by atoms with van der Waals surface area (Å²) in [5.41, 5.74) is 0.180. The summed E-state index contributed by atoms with van der Waals surface area (Å²) in [6.07, 6.45) is -3.39. The minimum absolute atomic E-state index is 0.0215. The van der Waals surface area contributed by atoms with Crippen LogP contribution in [0.2, 0.25) is 5.02 Å². The van der Waals surface area contributed by atoms with E-state index in [9.17, 15) is 22.8 Å². The first-order valence-electron chi connectivity index (χ1n) is 11.3. The summed E-state index contributed by atoms with van der Waals surface area (Å²) in [7, 11) is 0. The van der Waals surface area contributed by atoms with E-state index in [1.54, 1.807) is 6.92 Å². The van der Waals surface area contributed by atoms with Crippen LogP contribution in [0.3, 0.4) is 0 Å². The van der Waals surface area contributed by atoms with Crippen molar-refractivity contribution >= 4 is 40.5 Å². The van der Waals surface area contributed by atoms with Crippen LogP contribution >= 0.6 is 11.6 Å². The predicted molar refractivity (Wildman–Crippen MR) is 135 cm³/mol. The van der Waals surface area contributed by atoms with Crippen LogP contribution in [0.1, 0.15) is 57.1 Å². The van der Waals surface area contributed by atoms with Gasteiger partial charge in [-0.3, -0.25) is 9.59 Å². The van der Waals surface area contributed by atoms with Gasteiger partial charge in [-0.1, -0.05) is 47.9 Å². The molecule has 0 saturated heterocycles. The number of halogens is 4. The summed E-state index contributed by atoms with van der Waals surface area (Å²) in [5.74, 6) is -1.60. The highest BCUT2D eigenvalue weighted by Gasteiger charge is 2.32. The third-order valence-electron chi connectivity index (χ3n) is 5.64. The molecule has 0 spiro atoms. The van der Waals surface area contributed by atoms with Gasteiger partial charge in [0.25, 0.3) is 5.91 Å². The number of hydrogen-bond donors (Lipinski definition) is 2. The van der Waals surface area contributed by atoms with E-state index in [-0.39, 0.29) is 45.7 Å². The van der Waals surface area contributed by atoms with E-state index in [2.05, 4.69) is 25.8 Å². The number of carbonyl (C=O) groups excluding carboxylic acids is 2. The molecule has 0 aliphatic rings. The number of aromatic nitrogens is 3. The highest BCUT2D eigenvalue weighted by molar-refractivity contribution is 6.36. The molecular formula is C26H21ClF3N5O3. The fraction of sp³-hybridized carbons (Fsp3) is 0.192. The lowest BCUT2D eigenvalue weighted by Gasteiger charge is -2.12. The van der Waals surface area contributed by atoms with E-state index in [0.29, 0.717) is 5.69 Å². The smallest absolute Gasteiger partial charge is 0.351 e. The van der Waals surface area contributed by atoms with Gasteiger partial charge < -0.3 is 15.2 Å². The molecule has 38 heavy (non-hydrogen) atoms. The first-order valence-corrected chi connectivity index (χ1v) is 11.7. The number of anilines is 3. The van der Waals surface area contributed by atoms with Gasteiger partial charge in [0.15, 0.2) is 11.6 Å². The summed E-state index contributed by atoms with van der Waals surface area (Å²) < 4.78 is 44.6. The quantitative estimate of drug-likeness (QED) is 0.235. The lowest BCUT2D eigenvalue weighted by Crippen LogP contribution is -2.13. The molecule has 2 aromatic heterocycles. The van der Waals surface area contributed by atoms with Gasteiger partial charge >= 0.3 is 6.18 Å². The van der Waals surface area contributed by atoms with Gasteiger partial charge in [-0.05, 0) is 36.8 Å². The number of hydrogen-bond acceptors (Lipinski definition) is 7. The Balaban J connectivity index is 1.43. The van der Waals surface area contributed by atoms with Gasteiger partial charge in [0.05, 0.1) is 11.3 Å². The number of rotatable bonds is 8. The number of ketones is 1. The van der Waals surface area contributed by atoms with Crippen molar-refractivity contribution in [3.8, 4) is 0 Å². The SMILES string of the molecule is Cc1ccc(NC(=O)c2cc([C@H](C)CC(=O)c3ncnc(Nc4ccccc4)c3Cl)no2)cc1C(F)(F)F. The fourth-order valence-electron chi connectivity index (χ4n) is 3.61. The molecule has 0 saturated carbocycles. The molecule has 0 unspecified atom stereocenters. The van der Waals surface area contributed by atoms with Crippen molar-refractivity contribution in [2.75, 3.05) is 10.6 Å². The standard InChI is InChI=1S/C26H21ClF3N5O3/c1-14-8-9-17(11-18(14)26(28,29)30)34-25(37)21-12-19(35-38-21)15(2)10-20(36)23-22(27)24(32-13-31-23)33-16-6-4-3-5-7-16/h3-9,11-13,15H,10H2,1-2H3,(H,34,37)(H,31,32,33)/t15-/m1/s1. The number of benzene rings is 2. The normalized spacial score (nSPS) is 12.2. The van der Waals surface area contributed by atoms with Crippen LogP contribution in [0, 0.1) is 6.92 Å². The van der Waals surface area contributed by atoms with Crippen LogP contribution in [0.4, 0.5) is 30.4 Å². The van der Waals surface area contributed by atoms with Crippen molar-refractivity contribution < 1.29 is 27.3 Å². The molecule has 0 radical (unpaired) electrons. The van der Waals surface area contributed by atoms with Crippen molar-refractivity contribution in [3.05, 3.63) is 94.2 Å². The van der Waals surface area contributed by atoms with Crippen LogP contribution < -0.4 is 10.6 Å². The third kappa shape index (κ3) is 6.17. The van der Waals surface area contributed by atoms with Crippen molar-refractivity contribution in [3.63, 3.8) is 0 Å². The Morgan fingerprint density at radius 2 is 1.79 bits per heavy atom. The number of aryl methyl sites for hydroxylation is 1. The number of nitrogens with zero attached hydrogens (tertiary/aromatic N) is 3. The largest absolute Gasteiger partial charge is 0.416 e. The number of alkyl halides is 3. The average Bonchev–Trinajstić information content (AvgIpc) is 3.37. The monoisotopic (exact) mass is 543 g/mol. The maximum Gasteiger partial charge on any atom is 0.416 e. The second kappa shape index (κ2) is 11.0. The maximum absolute atomic E-state index is 13.2. The number of amides is 1. The molecule has 0 fully saturated rings. The Bertz CT molecular complexity index is 1470. The lowest BCUT2D eigenvalue weighted by molar-refractivity contribution is -0.138. The molecule has 4 rings (SSSR count). The predicted octanol–water partition coefficient (Wildman–Crippen LogP) is 6.82. The summed E-state index contributed by atoms with van der Waals surface area (Å²) in [4.78, 5) is 33.6. The maximum atomic E-state index is 13.2. The first-order chi connectivity index (χ1) is 18.0. The molecule has 2 aromatic carbocycles. The minimum atomic E-state index is -4.56. The topological polar surface area (TPSA) is 110 Å². The number of para-hydroxylation sites is 1. The Morgan fingerprint density at radius 1 is 1.05 bits per heavy atom. The zero-order valence-corrected chi connectivity index (χ0v) is 20.9. The zero-order chi connectivity index (χ0) is 27.4. The van der Waals surface area contributed by atoms with Crippen molar-refractivity contribution in [2.24, 2.45) is 0 Å². The number of carbonyl (C=O) groups is 2. The molecule has 2 heterocycles. The molecule has 4 aromatic rings. The lowest BCUT2D eigenvalue weighted by atomic mass is 9.99. The molecule has 8 nitrogen and oxygen atoms in total. The average molecular weight is 544 g/mol. The Hall–Kier alpha value is -4.25. The fourth-order valence-corrected chi connectivity index (χ4v) is 3.87. The molecule has 196 valence electrons. The minimum Gasteiger partial charge on any atom is -0.351 e. The van der Waals surface area contributed by atoms with Crippen LogP contribution in [-0.2, 0) is 6.18 Å². The van der Waals surface area contributed by atoms with E-state index < -0.39 is 23.6 Å². The summed E-state index contributed by atoms with van der Waals surface area (Å²) >= 11 is 6.39. The molecule has 12 heteroatoms. The Kier molecular flexibility index (Phi) is 7.77. The summed E-state index contributed by atoms with van der Waals surface area (Å²) in [5, 5.41) is 9.31. The molecule has 1 amide bonds. The molecule has 0 aliphatic carbocycles. The van der Waals surface area contributed by atoms with Gasteiger partial charge in [0.2, 0.25) is 5.76 Å². The van der Waals surface area contributed by atoms with E-state index in [1.165, 1.54) is 31.5 Å². The van der Waals surface area contributed by atoms with Crippen molar-refractivity contribution in [2.45, 2.75) is 32.4 Å². The Morgan fingerprint density at radius 3 is 2.50 bits per heavy atom. The van der Waals surface area contributed by atoms with Crippen molar-refractivity contribution in [1.82, 2.24) is 15.1 Å². The highest BCUT2D eigenvalue weighted by Crippen LogP contribution is 2.34. The molecule has 0 aliphatic heterocycles. The summed E-state index contributed by atoms with van der Waals surface area (Å²) in [6, 6.07) is 13.9. The molecule has 2 N–H and O–H groups in total. The van der Waals surface area contributed by atoms with Gasteiger partial charge in [-0.2, -0.15) is 13.2 Å². The Labute approximate surface area is 220 Å². The number of Topliss-reactive ketones (excluding diaryl/α,β-unsaturated/α-hetero) is 1. The van der Waals surface area contributed by atoms with E-state index in [0.717, 1.165) is 11.8 Å². The van der Waals surface area contributed by atoms with E-state index in [4.69, 9.17) is 16.1 Å². The first kappa shape index (κ1) is 26.8. The second-order valence-corrected chi connectivity index (χ2v) is 8.88. The zero-order valence-electron chi connectivity index (χ0n) is 20.1. The van der Waals surface area contributed by atoms with E-state index in [1.807, 2.05) is 30.3 Å². The highest BCUT2D eigenvalue weighted by atomic mass is 35.5. The molecular weight excluding hydrogens is 523 g/mol. The van der Waals surface area contributed by atoms with E-state index >= 15 is 0 Å². The summed E-state index contributed by atoms with van der Waals surface area (Å²) in [6.45, 7) is 3.03. The van der Waals surface area contributed by atoms with Gasteiger partial charge in [-0.25, -0.2) is 9.97 Å². The van der Waals surface area contributed by atoms with Gasteiger partial charge in [0, 0.05) is 29.8 Å². The van der Waals surface area contributed by atoms with Crippen LogP contribution in [0.5, 0.6) is 0 Å². The van der Waals surface area contributed by atoms with Crippen LogP contribution in [0.25, 0.3) is 0 Å². The number of nitrogens with one attached hydrogen (secondary N) is 2. The van der Waals surface area contributed by atoms with Gasteiger partial charge in [-0.15, -0.1) is 0 Å². The second-order valence-electron chi connectivity index (χ2n) is 8.50. The van der Waals surface area contributed by atoms with Crippen LogP contribution in [-0.4, -0.2) is 26.8 Å². The van der Waals surface area contributed by atoms with Gasteiger partial charge in [0.1, 0.15) is 17.0 Å². The van der Waals surface area contributed by atoms with Crippen molar-refractivity contribution in [1.29, 1.82) is 0 Å². The molecule has 1 atom stereocenters.